The molecule has 0 radical (unpaired) electrons. The van der Waals surface area contributed by atoms with Crippen molar-refractivity contribution in [1.29, 1.82) is 0 Å². The summed E-state index contributed by atoms with van der Waals surface area (Å²) in [4.78, 5) is 9.16. The maximum Gasteiger partial charge on any atom is 0.266 e. The minimum Gasteiger partial charge on any atom is -0.337 e. The number of likely N-dealkylation sites (N-methyl/N-ethyl adjacent to an activating group) is 1. The van der Waals surface area contributed by atoms with Gasteiger partial charge in [0.05, 0.1) is 0 Å². The van der Waals surface area contributed by atoms with Crippen molar-refractivity contribution in [3.05, 3.63) is 5.89 Å². The average molecular weight is 265 g/mol. The molecule has 2 atom stereocenters. The quantitative estimate of drug-likeness (QED) is 0.848. The fourth-order valence-corrected chi connectivity index (χ4v) is 2.88. The van der Waals surface area contributed by atoms with Gasteiger partial charge < -0.3 is 19.6 Å². The van der Waals surface area contributed by atoms with Crippen LogP contribution in [0.4, 0.5) is 5.95 Å². The van der Waals surface area contributed by atoms with Crippen molar-refractivity contribution in [2.75, 3.05) is 44.7 Å². The number of aromatic nitrogens is 2. The summed E-state index contributed by atoms with van der Waals surface area (Å²) in [5.74, 6) is 2.02. The van der Waals surface area contributed by atoms with Crippen LogP contribution in [-0.4, -0.2) is 60.9 Å². The van der Waals surface area contributed by atoms with Crippen LogP contribution >= 0.6 is 0 Å². The first-order chi connectivity index (χ1) is 9.22. The Bertz CT molecular complexity index is 413. The van der Waals surface area contributed by atoms with Gasteiger partial charge in [0.15, 0.2) is 0 Å². The highest BCUT2D eigenvalue weighted by Gasteiger charge is 2.26. The number of hydrogen-bond donors (Lipinski definition) is 1. The second kappa shape index (κ2) is 5.46. The molecule has 0 aromatic carbocycles. The molecule has 3 rings (SSSR count). The van der Waals surface area contributed by atoms with Crippen molar-refractivity contribution in [1.82, 2.24) is 20.4 Å². The fourth-order valence-electron chi connectivity index (χ4n) is 2.88. The van der Waals surface area contributed by atoms with Gasteiger partial charge in [-0.15, -0.1) is 0 Å². The predicted molar refractivity (Wildman–Crippen MR) is 73.4 cm³/mol. The van der Waals surface area contributed by atoms with E-state index in [1.165, 1.54) is 0 Å². The third-order valence-electron chi connectivity index (χ3n) is 4.19. The second-order valence-electron chi connectivity index (χ2n) is 5.80. The molecule has 2 unspecified atom stereocenters. The highest BCUT2D eigenvalue weighted by atomic mass is 16.5. The zero-order chi connectivity index (χ0) is 13.2. The maximum absolute atomic E-state index is 5.49. The summed E-state index contributed by atoms with van der Waals surface area (Å²) in [6.07, 6.45) is 2.18. The fraction of sp³-hybridized carbons (Fsp3) is 0.846. The Hall–Kier alpha value is -1.14. The number of nitrogens with zero attached hydrogens (tertiary/aromatic N) is 4. The van der Waals surface area contributed by atoms with Crippen molar-refractivity contribution in [3.8, 4) is 0 Å². The molecule has 0 aliphatic carbocycles. The largest absolute Gasteiger partial charge is 0.337 e. The standard InChI is InChI=1S/C13H23N5O/c1-10-9-11(3-4-14-10)12-15-13(16-19-12)18-7-5-17(2)6-8-18/h10-11,14H,3-9H2,1-2H3. The third kappa shape index (κ3) is 2.90. The van der Waals surface area contributed by atoms with Gasteiger partial charge in [0.2, 0.25) is 5.89 Å². The van der Waals surface area contributed by atoms with Gasteiger partial charge in [-0.05, 0) is 38.5 Å². The first-order valence-corrected chi connectivity index (χ1v) is 7.23. The van der Waals surface area contributed by atoms with E-state index in [0.717, 1.165) is 57.4 Å². The van der Waals surface area contributed by atoms with Crippen molar-refractivity contribution >= 4 is 5.95 Å². The molecule has 1 aromatic heterocycles. The van der Waals surface area contributed by atoms with E-state index in [2.05, 4.69) is 39.2 Å². The minimum absolute atomic E-state index is 0.421. The van der Waals surface area contributed by atoms with Crippen LogP contribution in [0.1, 0.15) is 31.6 Å². The molecule has 1 aromatic rings. The molecule has 2 aliphatic rings. The van der Waals surface area contributed by atoms with E-state index in [4.69, 9.17) is 4.52 Å². The van der Waals surface area contributed by atoms with Crippen molar-refractivity contribution in [2.24, 2.45) is 0 Å². The lowest BCUT2D eigenvalue weighted by molar-refractivity contribution is 0.292. The number of anilines is 1. The van der Waals surface area contributed by atoms with Gasteiger partial charge in [0.25, 0.3) is 5.95 Å². The van der Waals surface area contributed by atoms with Crippen molar-refractivity contribution in [2.45, 2.75) is 31.7 Å². The smallest absolute Gasteiger partial charge is 0.266 e. The van der Waals surface area contributed by atoms with Crippen LogP contribution in [0.25, 0.3) is 0 Å². The first-order valence-electron chi connectivity index (χ1n) is 7.23. The molecule has 2 aliphatic heterocycles. The van der Waals surface area contributed by atoms with Crippen LogP contribution < -0.4 is 10.2 Å². The Kier molecular flexibility index (Phi) is 3.70. The first kappa shape index (κ1) is 12.9. The molecule has 3 heterocycles. The van der Waals surface area contributed by atoms with Crippen LogP contribution in [0.5, 0.6) is 0 Å². The van der Waals surface area contributed by atoms with Crippen LogP contribution in [0.3, 0.4) is 0 Å². The number of nitrogens with one attached hydrogen (secondary N) is 1. The van der Waals surface area contributed by atoms with E-state index < -0.39 is 0 Å². The lowest BCUT2D eigenvalue weighted by Gasteiger charge is -2.31. The van der Waals surface area contributed by atoms with Gasteiger partial charge in [0.1, 0.15) is 0 Å². The Balaban J connectivity index is 1.65. The number of hydrogen-bond acceptors (Lipinski definition) is 6. The lowest BCUT2D eigenvalue weighted by Crippen LogP contribution is -2.45. The van der Waals surface area contributed by atoms with Gasteiger partial charge >= 0.3 is 0 Å². The van der Waals surface area contributed by atoms with E-state index in [1.807, 2.05) is 0 Å². The zero-order valence-corrected chi connectivity index (χ0v) is 11.8. The topological polar surface area (TPSA) is 57.4 Å². The SMILES string of the molecule is CC1CC(c2nc(N3CCN(C)CC3)no2)CCN1. The second-order valence-corrected chi connectivity index (χ2v) is 5.80. The van der Waals surface area contributed by atoms with Crippen molar-refractivity contribution in [3.63, 3.8) is 0 Å². The summed E-state index contributed by atoms with van der Waals surface area (Å²) < 4.78 is 5.49. The molecule has 1 N–H and O–H groups in total. The van der Waals surface area contributed by atoms with Gasteiger partial charge in [-0.1, -0.05) is 0 Å². The normalized spacial score (nSPS) is 29.7. The number of rotatable bonds is 2. The number of piperazine rings is 1. The molecule has 2 fully saturated rings. The third-order valence-corrected chi connectivity index (χ3v) is 4.19. The molecule has 106 valence electrons. The number of piperidine rings is 1. The van der Waals surface area contributed by atoms with E-state index in [1.54, 1.807) is 0 Å². The lowest BCUT2D eigenvalue weighted by atomic mass is 9.93. The highest BCUT2D eigenvalue weighted by Crippen LogP contribution is 2.27. The van der Waals surface area contributed by atoms with E-state index in [0.29, 0.717) is 12.0 Å². The predicted octanol–water partition coefficient (Wildman–Crippen LogP) is 0.677. The molecule has 0 saturated carbocycles. The van der Waals surface area contributed by atoms with Gasteiger partial charge in [0, 0.05) is 38.1 Å². The van der Waals surface area contributed by atoms with Crippen LogP contribution in [0.2, 0.25) is 0 Å². The summed E-state index contributed by atoms with van der Waals surface area (Å²) in [5.41, 5.74) is 0. The van der Waals surface area contributed by atoms with Crippen LogP contribution in [0, 0.1) is 0 Å². The molecular formula is C13H23N5O. The molecule has 0 spiro atoms. The van der Waals surface area contributed by atoms with Gasteiger partial charge in [-0.25, -0.2) is 0 Å². The molecular weight excluding hydrogens is 242 g/mol. The molecule has 6 nitrogen and oxygen atoms in total. The van der Waals surface area contributed by atoms with Gasteiger partial charge in [-0.2, -0.15) is 4.98 Å². The summed E-state index contributed by atoms with van der Waals surface area (Å²) in [7, 11) is 2.15. The summed E-state index contributed by atoms with van der Waals surface area (Å²) in [6, 6.07) is 0.540. The Labute approximate surface area is 114 Å². The summed E-state index contributed by atoms with van der Waals surface area (Å²) in [6.45, 7) is 7.35. The van der Waals surface area contributed by atoms with E-state index in [-0.39, 0.29) is 0 Å². The van der Waals surface area contributed by atoms with E-state index >= 15 is 0 Å². The Morgan fingerprint density at radius 2 is 2.05 bits per heavy atom. The van der Waals surface area contributed by atoms with Gasteiger partial charge in [-0.3, -0.25) is 0 Å². The average Bonchev–Trinajstić information content (AvgIpc) is 2.89. The zero-order valence-electron chi connectivity index (χ0n) is 11.8. The van der Waals surface area contributed by atoms with E-state index in [9.17, 15) is 0 Å². The molecule has 19 heavy (non-hydrogen) atoms. The monoisotopic (exact) mass is 265 g/mol. The molecule has 2 saturated heterocycles. The van der Waals surface area contributed by atoms with Crippen molar-refractivity contribution < 1.29 is 4.52 Å². The van der Waals surface area contributed by atoms with Crippen LogP contribution in [-0.2, 0) is 0 Å². The summed E-state index contributed by atoms with van der Waals surface area (Å²) in [5, 5.41) is 7.62. The molecule has 0 bridgehead atoms. The minimum atomic E-state index is 0.421. The molecule has 6 heteroatoms. The maximum atomic E-state index is 5.49. The van der Waals surface area contributed by atoms with Crippen LogP contribution in [0.15, 0.2) is 4.52 Å². The Morgan fingerprint density at radius 3 is 2.79 bits per heavy atom. The highest BCUT2D eigenvalue weighted by molar-refractivity contribution is 5.29. The molecule has 0 amide bonds. The Morgan fingerprint density at radius 1 is 1.26 bits per heavy atom. The summed E-state index contributed by atoms with van der Waals surface area (Å²) >= 11 is 0.